The van der Waals surface area contributed by atoms with E-state index in [-0.39, 0.29) is 25.7 Å². The van der Waals surface area contributed by atoms with Crippen LogP contribution in [0.3, 0.4) is 0 Å². The maximum Gasteiger partial charge on any atom is 0.282 e. The number of aliphatic imine (C=N–C) groups is 1. The minimum Gasteiger partial charge on any atom is -0.392 e. The van der Waals surface area contributed by atoms with Crippen molar-refractivity contribution in [2.45, 2.75) is 40.2 Å². The Morgan fingerprint density at radius 2 is 1.56 bits per heavy atom. The lowest BCUT2D eigenvalue weighted by atomic mass is 10.0. The summed E-state index contributed by atoms with van der Waals surface area (Å²) in [6.45, 7) is 1.78. The van der Waals surface area contributed by atoms with Crippen LogP contribution in [0, 0.1) is 0 Å². The van der Waals surface area contributed by atoms with Gasteiger partial charge in [-0.05, 0) is 53.8 Å². The highest BCUT2D eigenvalue weighted by molar-refractivity contribution is 6.28. The molecule has 1 aliphatic rings. The highest BCUT2D eigenvalue weighted by Crippen LogP contribution is 2.25. The van der Waals surface area contributed by atoms with E-state index in [0.29, 0.717) is 24.4 Å². The fourth-order valence-corrected chi connectivity index (χ4v) is 3.82. The van der Waals surface area contributed by atoms with Crippen molar-refractivity contribution < 1.29 is 14.7 Å². The third-order valence-electron chi connectivity index (χ3n) is 5.62. The van der Waals surface area contributed by atoms with Crippen molar-refractivity contribution in [3.05, 3.63) is 107 Å². The monoisotopic (exact) mass is 454 g/mol. The number of benzene rings is 3. The summed E-state index contributed by atoms with van der Waals surface area (Å²) in [4.78, 5) is 31.4. The third-order valence-corrected chi connectivity index (χ3v) is 5.62. The van der Waals surface area contributed by atoms with Gasteiger partial charge in [0.05, 0.1) is 12.3 Å². The van der Waals surface area contributed by atoms with Crippen LogP contribution in [-0.4, -0.2) is 22.6 Å². The first-order valence-corrected chi connectivity index (χ1v) is 11.0. The molecule has 0 saturated carbocycles. The number of Topliss-reactive ketones (excluding diaryl/α,β-unsaturated/α-hetero) is 1. The van der Waals surface area contributed by atoms with E-state index in [0.717, 1.165) is 34.4 Å². The van der Waals surface area contributed by atoms with Crippen LogP contribution < -0.4 is 4.90 Å². The number of aliphatic hydroxyl groups excluding tert-OH is 1. The normalized spacial score (nSPS) is 14.2. The van der Waals surface area contributed by atoms with Crippen LogP contribution in [0.5, 0.6) is 0 Å². The third kappa shape index (κ3) is 5.94. The number of rotatable bonds is 8. The summed E-state index contributed by atoms with van der Waals surface area (Å²) in [7, 11) is 0. The van der Waals surface area contributed by atoms with E-state index in [1.165, 1.54) is 0 Å². The Hall–Kier alpha value is -3.83. The van der Waals surface area contributed by atoms with Gasteiger partial charge in [0.1, 0.15) is 17.3 Å². The first-order chi connectivity index (χ1) is 16.0. The van der Waals surface area contributed by atoms with Gasteiger partial charge in [-0.2, -0.15) is 0 Å². The van der Waals surface area contributed by atoms with Crippen molar-refractivity contribution in [3.63, 3.8) is 0 Å². The molecule has 0 unspecified atom stereocenters. The molecule has 174 valence electrons. The van der Waals surface area contributed by atoms with Crippen molar-refractivity contribution in [2.75, 3.05) is 4.90 Å². The second-order valence-corrected chi connectivity index (χ2v) is 8.10. The summed E-state index contributed by atoms with van der Waals surface area (Å²) in [5.41, 5.74) is 4.84. The first kappa shape index (κ1) is 24.8. The van der Waals surface area contributed by atoms with E-state index in [1.807, 2.05) is 78.9 Å². The Labute approximate surface area is 201 Å². The van der Waals surface area contributed by atoms with Gasteiger partial charge in [-0.25, -0.2) is 4.99 Å². The van der Waals surface area contributed by atoms with Gasteiger partial charge in [0.2, 0.25) is 0 Å². The Morgan fingerprint density at radius 3 is 2.21 bits per heavy atom. The zero-order valence-electron chi connectivity index (χ0n) is 18.6. The Morgan fingerprint density at radius 1 is 0.912 bits per heavy atom. The molecule has 0 radical (unpaired) electrons. The number of carbonyl (C=O) groups excluding carboxylic acids is 2. The molecule has 5 nitrogen and oxygen atoms in total. The van der Waals surface area contributed by atoms with Crippen LogP contribution >= 0.6 is 0 Å². The van der Waals surface area contributed by atoms with Gasteiger partial charge in [-0.15, -0.1) is 0 Å². The maximum absolute atomic E-state index is 13.0. The molecule has 3 aromatic carbocycles. The first-order valence-electron chi connectivity index (χ1n) is 11.0. The summed E-state index contributed by atoms with van der Waals surface area (Å²) >= 11 is 0. The summed E-state index contributed by atoms with van der Waals surface area (Å²) in [5, 5.41) is 9.18. The van der Waals surface area contributed by atoms with E-state index < -0.39 is 0 Å². The molecule has 3 aromatic rings. The van der Waals surface area contributed by atoms with Gasteiger partial charge < -0.3 is 5.11 Å². The van der Waals surface area contributed by atoms with E-state index in [1.54, 1.807) is 17.9 Å². The lowest BCUT2D eigenvalue weighted by Gasteiger charge is -2.16. The predicted octanol–water partition coefficient (Wildman–Crippen LogP) is 5.37. The fourth-order valence-electron chi connectivity index (χ4n) is 3.82. The number of hydrogen-bond acceptors (Lipinski definition) is 4. The largest absolute Gasteiger partial charge is 0.392 e. The summed E-state index contributed by atoms with van der Waals surface area (Å²) in [6, 6.07) is 24.8. The van der Waals surface area contributed by atoms with Crippen molar-refractivity contribution >= 4 is 29.3 Å². The maximum atomic E-state index is 13.0. The fraction of sp³-hybridized carbons (Fsp3) is 0.207. The van der Waals surface area contributed by atoms with Crippen molar-refractivity contribution in [2.24, 2.45) is 4.99 Å². The van der Waals surface area contributed by atoms with Gasteiger partial charge in [-0.1, -0.05) is 74.2 Å². The molecule has 0 atom stereocenters. The van der Waals surface area contributed by atoms with Crippen LogP contribution in [-0.2, 0) is 29.0 Å². The molecule has 0 fully saturated rings. The average molecular weight is 455 g/mol. The molecule has 1 aliphatic heterocycles. The number of nitrogens with zero attached hydrogens (tertiary/aromatic N) is 2. The van der Waals surface area contributed by atoms with Crippen LogP contribution in [0.2, 0.25) is 0 Å². The molecule has 5 heteroatoms. The van der Waals surface area contributed by atoms with Crippen molar-refractivity contribution in [1.29, 1.82) is 0 Å². The summed E-state index contributed by atoms with van der Waals surface area (Å²) in [5.74, 6) is 0.606. The Balaban J connectivity index is 0.00000324. The minimum absolute atomic E-state index is 0. The number of ketones is 1. The molecule has 1 amide bonds. The summed E-state index contributed by atoms with van der Waals surface area (Å²) in [6.07, 6.45) is 3.37. The minimum atomic E-state index is -0.189. The molecule has 1 heterocycles. The molecule has 34 heavy (non-hydrogen) atoms. The van der Waals surface area contributed by atoms with Crippen LogP contribution in [0.4, 0.5) is 5.69 Å². The van der Waals surface area contributed by atoms with E-state index >= 15 is 0 Å². The number of anilines is 1. The zero-order valence-corrected chi connectivity index (χ0v) is 18.6. The number of hydrogen-bond donors (Lipinski definition) is 1. The molecular formula is C29H30N2O3. The topological polar surface area (TPSA) is 70.0 Å². The van der Waals surface area contributed by atoms with Gasteiger partial charge in [0, 0.05) is 12.8 Å². The Bertz CT molecular complexity index is 1190. The van der Waals surface area contributed by atoms with Gasteiger partial charge >= 0.3 is 0 Å². The molecular weight excluding hydrogens is 424 g/mol. The molecule has 0 aliphatic carbocycles. The molecule has 1 N–H and O–H groups in total. The lowest BCUT2D eigenvalue weighted by Crippen LogP contribution is -2.30. The van der Waals surface area contributed by atoms with E-state index in [9.17, 15) is 14.7 Å². The van der Waals surface area contributed by atoms with Gasteiger partial charge in [-0.3, -0.25) is 14.5 Å². The van der Waals surface area contributed by atoms with E-state index in [2.05, 4.69) is 4.99 Å². The highest BCUT2D eigenvalue weighted by atomic mass is 16.3. The molecule has 4 rings (SSSR count). The number of amidine groups is 1. The number of carbonyl (C=O) groups is 2. The SMILES string of the molecule is C.CC1=N/C(=C\c2ccc(CO)cc2)C(=O)N1c1ccc(CC(=O)CCc2ccccc2)cc1. The van der Waals surface area contributed by atoms with Crippen molar-refractivity contribution in [1.82, 2.24) is 0 Å². The second-order valence-electron chi connectivity index (χ2n) is 8.10. The van der Waals surface area contributed by atoms with Gasteiger partial charge in [0.25, 0.3) is 5.91 Å². The second kappa shape index (κ2) is 11.3. The van der Waals surface area contributed by atoms with Crippen LogP contribution in [0.1, 0.15) is 43.0 Å². The standard InChI is InChI=1S/C28H26N2O3.CH4/c1-20-29-27(18-23-7-9-24(19-31)10-8-23)28(33)30(20)25-14-11-22(12-15-25)17-26(32)16-13-21-5-3-2-4-6-21;/h2-12,14-15,18,31H,13,16-17,19H2,1H3;1H4/b27-18-;. The average Bonchev–Trinajstić information content (AvgIpc) is 3.12. The van der Waals surface area contributed by atoms with Crippen LogP contribution in [0.25, 0.3) is 6.08 Å². The molecule has 0 aromatic heterocycles. The van der Waals surface area contributed by atoms with Crippen LogP contribution in [0.15, 0.2) is 89.6 Å². The number of aryl methyl sites for hydroxylation is 1. The summed E-state index contributed by atoms with van der Waals surface area (Å²) < 4.78 is 0. The van der Waals surface area contributed by atoms with Crippen molar-refractivity contribution in [3.8, 4) is 0 Å². The van der Waals surface area contributed by atoms with Gasteiger partial charge in [0.15, 0.2) is 0 Å². The molecule has 0 bridgehead atoms. The quantitative estimate of drug-likeness (QED) is 0.466. The Kier molecular flexibility index (Phi) is 8.28. The number of amides is 1. The predicted molar refractivity (Wildman–Crippen MR) is 138 cm³/mol. The lowest BCUT2D eigenvalue weighted by molar-refractivity contribution is -0.118. The number of aliphatic hydroxyl groups is 1. The van der Waals surface area contributed by atoms with E-state index in [4.69, 9.17) is 0 Å². The zero-order chi connectivity index (χ0) is 23.2. The molecule has 0 spiro atoms. The molecule has 0 saturated heterocycles. The highest BCUT2D eigenvalue weighted by Gasteiger charge is 2.28. The smallest absolute Gasteiger partial charge is 0.282 e.